The molecular formula is C18H31IN4O2. The molecule has 142 valence electrons. The van der Waals surface area contributed by atoms with E-state index in [-0.39, 0.29) is 29.9 Å². The van der Waals surface area contributed by atoms with Crippen molar-refractivity contribution in [3.63, 3.8) is 0 Å². The van der Waals surface area contributed by atoms with Gasteiger partial charge in [0.25, 0.3) is 5.91 Å². The molecule has 6 nitrogen and oxygen atoms in total. The molecule has 0 saturated heterocycles. The Kier molecular flexibility index (Phi) is 13.1. The van der Waals surface area contributed by atoms with Gasteiger partial charge in [-0.3, -0.25) is 4.79 Å². The van der Waals surface area contributed by atoms with E-state index in [1.54, 1.807) is 19.0 Å². The number of benzene rings is 1. The number of nitrogens with one attached hydrogen (secondary N) is 2. The van der Waals surface area contributed by atoms with Crippen LogP contribution in [-0.2, 0) is 11.3 Å². The summed E-state index contributed by atoms with van der Waals surface area (Å²) in [7, 11) is 3.50. The molecule has 0 aromatic heterocycles. The van der Waals surface area contributed by atoms with Crippen LogP contribution in [0.4, 0.5) is 0 Å². The van der Waals surface area contributed by atoms with Crippen LogP contribution in [-0.4, -0.2) is 57.2 Å². The van der Waals surface area contributed by atoms with Crippen LogP contribution in [0.25, 0.3) is 0 Å². The second-order valence-electron chi connectivity index (χ2n) is 5.57. The molecule has 2 N–H and O–H groups in total. The van der Waals surface area contributed by atoms with E-state index in [2.05, 4.69) is 15.6 Å². The van der Waals surface area contributed by atoms with Crippen LogP contribution in [0.5, 0.6) is 0 Å². The van der Waals surface area contributed by atoms with Crippen molar-refractivity contribution >= 4 is 35.8 Å². The molecule has 1 amide bonds. The molecule has 0 aliphatic carbocycles. The standard InChI is InChI=1S/C18H30N4O2.HI/c1-5-19-18(20-12-7-13-24-6-2)21-14-15-8-10-16(11-9-15)17(23)22(3)4;/h8-11H,5-7,12-14H2,1-4H3,(H2,19,20,21);1H. The Labute approximate surface area is 168 Å². The second kappa shape index (κ2) is 13.9. The highest BCUT2D eigenvalue weighted by Crippen LogP contribution is 2.07. The molecular weight excluding hydrogens is 431 g/mol. The Balaban J connectivity index is 0.00000576. The van der Waals surface area contributed by atoms with Gasteiger partial charge < -0.3 is 20.3 Å². The van der Waals surface area contributed by atoms with Gasteiger partial charge in [-0.2, -0.15) is 0 Å². The summed E-state index contributed by atoms with van der Waals surface area (Å²) in [5.41, 5.74) is 1.76. The number of hydrogen-bond donors (Lipinski definition) is 2. The van der Waals surface area contributed by atoms with Gasteiger partial charge in [-0.05, 0) is 38.0 Å². The maximum atomic E-state index is 11.9. The molecule has 25 heavy (non-hydrogen) atoms. The topological polar surface area (TPSA) is 66.0 Å². The first-order chi connectivity index (χ1) is 11.6. The van der Waals surface area contributed by atoms with Crippen molar-refractivity contribution in [2.45, 2.75) is 26.8 Å². The largest absolute Gasteiger partial charge is 0.382 e. The summed E-state index contributed by atoms with van der Waals surface area (Å²) in [5, 5.41) is 6.52. The van der Waals surface area contributed by atoms with E-state index in [0.717, 1.165) is 44.2 Å². The number of carbonyl (C=O) groups is 1. The minimum absolute atomic E-state index is 0. The lowest BCUT2D eigenvalue weighted by molar-refractivity contribution is 0.0827. The fraction of sp³-hybridized carbons (Fsp3) is 0.556. The highest BCUT2D eigenvalue weighted by atomic mass is 127. The Morgan fingerprint density at radius 3 is 2.40 bits per heavy atom. The Morgan fingerprint density at radius 2 is 1.84 bits per heavy atom. The SMILES string of the molecule is CCNC(=NCc1ccc(C(=O)N(C)C)cc1)NCCCOCC.I. The first-order valence-electron chi connectivity index (χ1n) is 8.49. The van der Waals surface area contributed by atoms with Crippen LogP contribution >= 0.6 is 24.0 Å². The molecule has 0 unspecified atom stereocenters. The number of ether oxygens (including phenoxy) is 1. The molecule has 1 aromatic rings. The van der Waals surface area contributed by atoms with Crippen LogP contribution < -0.4 is 10.6 Å². The number of hydrogen-bond acceptors (Lipinski definition) is 3. The lowest BCUT2D eigenvalue weighted by Crippen LogP contribution is -2.38. The lowest BCUT2D eigenvalue weighted by Gasteiger charge is -2.12. The number of carbonyl (C=O) groups excluding carboxylic acids is 1. The smallest absolute Gasteiger partial charge is 0.253 e. The third kappa shape index (κ3) is 9.64. The quantitative estimate of drug-likeness (QED) is 0.256. The second-order valence-corrected chi connectivity index (χ2v) is 5.57. The third-order valence-electron chi connectivity index (χ3n) is 3.33. The van der Waals surface area contributed by atoms with Gasteiger partial charge in [-0.25, -0.2) is 4.99 Å². The Hall–Kier alpha value is -1.35. The highest BCUT2D eigenvalue weighted by Gasteiger charge is 2.07. The van der Waals surface area contributed by atoms with E-state index in [1.165, 1.54) is 0 Å². The molecule has 0 spiro atoms. The molecule has 0 atom stereocenters. The van der Waals surface area contributed by atoms with Gasteiger partial charge in [0.15, 0.2) is 5.96 Å². The van der Waals surface area contributed by atoms with Gasteiger partial charge >= 0.3 is 0 Å². The first kappa shape index (κ1) is 23.6. The maximum Gasteiger partial charge on any atom is 0.253 e. The van der Waals surface area contributed by atoms with Crippen LogP contribution in [0, 0.1) is 0 Å². The molecule has 0 aliphatic rings. The summed E-state index contributed by atoms with van der Waals surface area (Å²) < 4.78 is 5.32. The summed E-state index contributed by atoms with van der Waals surface area (Å²) in [6.45, 7) is 7.74. The zero-order chi connectivity index (χ0) is 17.8. The third-order valence-corrected chi connectivity index (χ3v) is 3.33. The van der Waals surface area contributed by atoms with Gasteiger partial charge in [-0.1, -0.05) is 12.1 Å². The van der Waals surface area contributed by atoms with Crippen molar-refractivity contribution in [2.24, 2.45) is 4.99 Å². The van der Waals surface area contributed by atoms with Gasteiger partial charge in [-0.15, -0.1) is 24.0 Å². The minimum Gasteiger partial charge on any atom is -0.382 e. The van der Waals surface area contributed by atoms with Gasteiger partial charge in [0, 0.05) is 46.0 Å². The minimum atomic E-state index is 0. The summed E-state index contributed by atoms with van der Waals surface area (Å²) in [6, 6.07) is 7.57. The summed E-state index contributed by atoms with van der Waals surface area (Å²) in [4.78, 5) is 18.0. The number of guanidine groups is 1. The molecule has 7 heteroatoms. The van der Waals surface area contributed by atoms with E-state index < -0.39 is 0 Å². The zero-order valence-electron chi connectivity index (χ0n) is 15.7. The molecule has 0 radical (unpaired) electrons. The zero-order valence-corrected chi connectivity index (χ0v) is 18.0. The van der Waals surface area contributed by atoms with E-state index >= 15 is 0 Å². The first-order valence-corrected chi connectivity index (χ1v) is 8.49. The highest BCUT2D eigenvalue weighted by molar-refractivity contribution is 14.0. The fourth-order valence-electron chi connectivity index (χ4n) is 2.05. The predicted molar refractivity (Wildman–Crippen MR) is 114 cm³/mol. The number of rotatable bonds is 9. The van der Waals surface area contributed by atoms with Gasteiger partial charge in [0.1, 0.15) is 0 Å². The average Bonchev–Trinajstić information content (AvgIpc) is 2.59. The molecule has 0 aliphatic heterocycles. The van der Waals surface area contributed by atoms with Crippen molar-refractivity contribution in [2.75, 3.05) is 40.4 Å². The van der Waals surface area contributed by atoms with Gasteiger partial charge in [0.2, 0.25) is 0 Å². The van der Waals surface area contributed by atoms with Crippen LogP contribution in [0.15, 0.2) is 29.3 Å². The molecule has 1 rings (SSSR count). The predicted octanol–water partition coefficient (Wildman–Crippen LogP) is 2.49. The number of nitrogens with zero attached hydrogens (tertiary/aromatic N) is 2. The molecule has 0 bridgehead atoms. The maximum absolute atomic E-state index is 11.9. The fourth-order valence-corrected chi connectivity index (χ4v) is 2.05. The van der Waals surface area contributed by atoms with E-state index in [0.29, 0.717) is 12.1 Å². The summed E-state index contributed by atoms with van der Waals surface area (Å²) in [6.07, 6.45) is 0.944. The summed E-state index contributed by atoms with van der Waals surface area (Å²) in [5.74, 6) is 0.803. The summed E-state index contributed by atoms with van der Waals surface area (Å²) >= 11 is 0. The van der Waals surface area contributed by atoms with E-state index in [4.69, 9.17) is 4.74 Å². The number of amides is 1. The Bertz CT molecular complexity index is 518. The number of halogens is 1. The van der Waals surface area contributed by atoms with E-state index in [1.807, 2.05) is 38.1 Å². The van der Waals surface area contributed by atoms with Crippen molar-refractivity contribution in [3.8, 4) is 0 Å². The molecule has 1 aromatic carbocycles. The van der Waals surface area contributed by atoms with Crippen LogP contribution in [0.1, 0.15) is 36.2 Å². The molecule has 0 fully saturated rings. The molecule has 0 heterocycles. The lowest BCUT2D eigenvalue weighted by atomic mass is 10.1. The van der Waals surface area contributed by atoms with Crippen molar-refractivity contribution in [3.05, 3.63) is 35.4 Å². The van der Waals surface area contributed by atoms with Crippen molar-refractivity contribution in [1.29, 1.82) is 0 Å². The van der Waals surface area contributed by atoms with Crippen molar-refractivity contribution < 1.29 is 9.53 Å². The van der Waals surface area contributed by atoms with Gasteiger partial charge in [0.05, 0.1) is 6.54 Å². The number of aliphatic imine (C=N–C) groups is 1. The molecule has 0 saturated carbocycles. The van der Waals surface area contributed by atoms with Crippen LogP contribution in [0.3, 0.4) is 0 Å². The average molecular weight is 462 g/mol. The van der Waals surface area contributed by atoms with Crippen LogP contribution in [0.2, 0.25) is 0 Å². The monoisotopic (exact) mass is 462 g/mol. The van der Waals surface area contributed by atoms with Crippen molar-refractivity contribution in [1.82, 2.24) is 15.5 Å². The van der Waals surface area contributed by atoms with E-state index in [9.17, 15) is 4.79 Å². The normalized spacial score (nSPS) is 10.8. The Morgan fingerprint density at radius 1 is 1.16 bits per heavy atom.